The molecule has 2 rings (SSSR count). The van der Waals surface area contributed by atoms with Gasteiger partial charge in [-0.25, -0.2) is 0 Å². The number of para-hydroxylation sites is 1. The quantitative estimate of drug-likeness (QED) is 0.780. The van der Waals surface area contributed by atoms with Crippen LogP contribution in [0.4, 0.5) is 5.69 Å². The Morgan fingerprint density at radius 2 is 1.65 bits per heavy atom. The van der Waals surface area contributed by atoms with E-state index >= 15 is 0 Å². The molecule has 17 heavy (non-hydrogen) atoms. The van der Waals surface area contributed by atoms with Gasteiger partial charge in [-0.15, -0.1) is 24.0 Å². The van der Waals surface area contributed by atoms with Crippen LogP contribution < -0.4 is 4.90 Å². The number of nitrogens with zero attached hydrogens (tertiary/aromatic N) is 2. The van der Waals surface area contributed by atoms with Crippen LogP contribution in [0.5, 0.6) is 0 Å². The zero-order valence-electron chi connectivity index (χ0n) is 10.0. The van der Waals surface area contributed by atoms with Gasteiger partial charge in [-0.1, -0.05) is 18.2 Å². The first-order valence-corrected chi connectivity index (χ1v) is 6.52. The molecule has 4 heteroatoms. The molecule has 1 aliphatic heterocycles. The molecule has 1 aromatic carbocycles. The molecule has 0 spiro atoms. The first-order valence-electron chi connectivity index (χ1n) is 5.98. The summed E-state index contributed by atoms with van der Waals surface area (Å²) >= 11 is 5.71. The van der Waals surface area contributed by atoms with Crippen LogP contribution in [0.2, 0.25) is 0 Å². The number of hydrogen-bond acceptors (Lipinski definition) is 2. The molecular weight excluding hydrogens is 255 g/mol. The molecule has 0 N–H and O–H groups in total. The lowest BCUT2D eigenvalue weighted by Crippen LogP contribution is -2.46. The average molecular weight is 275 g/mol. The summed E-state index contributed by atoms with van der Waals surface area (Å²) in [5.74, 6) is 0.777. The Bertz CT molecular complexity index is 298. The van der Waals surface area contributed by atoms with E-state index < -0.39 is 0 Å². The van der Waals surface area contributed by atoms with Crippen molar-refractivity contribution in [1.29, 1.82) is 0 Å². The lowest BCUT2D eigenvalue weighted by molar-refractivity contribution is 0.259. The van der Waals surface area contributed by atoms with Gasteiger partial charge in [0.1, 0.15) is 0 Å². The minimum Gasteiger partial charge on any atom is -0.369 e. The molecule has 0 aliphatic carbocycles. The van der Waals surface area contributed by atoms with Crippen LogP contribution in [0.1, 0.15) is 6.42 Å². The van der Waals surface area contributed by atoms with E-state index in [1.807, 2.05) is 0 Å². The van der Waals surface area contributed by atoms with Crippen molar-refractivity contribution >= 4 is 29.7 Å². The average Bonchev–Trinajstić information content (AvgIpc) is 2.38. The van der Waals surface area contributed by atoms with Crippen molar-refractivity contribution in [2.75, 3.05) is 43.5 Å². The number of piperazine rings is 1. The highest BCUT2D eigenvalue weighted by atomic mass is 35.5. The van der Waals surface area contributed by atoms with Crippen LogP contribution in [0.15, 0.2) is 30.3 Å². The van der Waals surface area contributed by atoms with Gasteiger partial charge < -0.3 is 4.90 Å². The summed E-state index contributed by atoms with van der Waals surface area (Å²) in [6, 6.07) is 10.7. The van der Waals surface area contributed by atoms with Crippen LogP contribution in [-0.2, 0) is 0 Å². The van der Waals surface area contributed by atoms with Gasteiger partial charge in [0.25, 0.3) is 0 Å². The summed E-state index contributed by atoms with van der Waals surface area (Å²) in [5, 5.41) is 0. The van der Waals surface area contributed by atoms with Gasteiger partial charge in [-0.05, 0) is 25.1 Å². The van der Waals surface area contributed by atoms with Crippen molar-refractivity contribution in [1.82, 2.24) is 4.90 Å². The summed E-state index contributed by atoms with van der Waals surface area (Å²) in [7, 11) is 0. The molecule has 1 fully saturated rings. The highest BCUT2D eigenvalue weighted by molar-refractivity contribution is 6.17. The lowest BCUT2D eigenvalue weighted by atomic mass is 10.2. The van der Waals surface area contributed by atoms with E-state index in [4.69, 9.17) is 11.6 Å². The Morgan fingerprint density at radius 1 is 1.00 bits per heavy atom. The van der Waals surface area contributed by atoms with Gasteiger partial charge in [-0.2, -0.15) is 0 Å². The predicted octanol–water partition coefficient (Wildman–Crippen LogP) is 2.86. The predicted molar refractivity (Wildman–Crippen MR) is 77.7 cm³/mol. The summed E-state index contributed by atoms with van der Waals surface area (Å²) < 4.78 is 0. The van der Waals surface area contributed by atoms with Crippen molar-refractivity contribution in [2.24, 2.45) is 0 Å². The summed E-state index contributed by atoms with van der Waals surface area (Å²) in [5.41, 5.74) is 1.35. The summed E-state index contributed by atoms with van der Waals surface area (Å²) in [4.78, 5) is 4.96. The van der Waals surface area contributed by atoms with Crippen molar-refractivity contribution < 1.29 is 0 Å². The fraction of sp³-hybridized carbons (Fsp3) is 0.538. The van der Waals surface area contributed by atoms with E-state index in [2.05, 4.69) is 40.1 Å². The number of alkyl halides is 1. The Kier molecular flexibility index (Phi) is 6.71. The van der Waals surface area contributed by atoms with Gasteiger partial charge in [-0.3, -0.25) is 4.90 Å². The van der Waals surface area contributed by atoms with E-state index in [1.165, 1.54) is 5.69 Å². The number of rotatable bonds is 4. The minimum absolute atomic E-state index is 0. The van der Waals surface area contributed by atoms with Crippen LogP contribution >= 0.6 is 24.0 Å². The molecule has 1 saturated heterocycles. The second-order valence-corrected chi connectivity index (χ2v) is 4.58. The maximum Gasteiger partial charge on any atom is 0.0367 e. The van der Waals surface area contributed by atoms with E-state index in [1.54, 1.807) is 0 Å². The molecule has 0 amide bonds. The van der Waals surface area contributed by atoms with Crippen LogP contribution in [0.25, 0.3) is 0 Å². The van der Waals surface area contributed by atoms with Crippen molar-refractivity contribution in [3.05, 3.63) is 30.3 Å². The highest BCUT2D eigenvalue weighted by Crippen LogP contribution is 2.15. The molecule has 96 valence electrons. The van der Waals surface area contributed by atoms with Crippen LogP contribution in [0, 0.1) is 0 Å². The Hall–Kier alpha value is -0.440. The first-order chi connectivity index (χ1) is 7.90. The molecule has 0 aromatic heterocycles. The molecule has 1 aliphatic rings. The van der Waals surface area contributed by atoms with Gasteiger partial charge in [0, 0.05) is 37.7 Å². The maximum absolute atomic E-state index is 5.71. The number of hydrogen-bond donors (Lipinski definition) is 0. The fourth-order valence-electron chi connectivity index (χ4n) is 2.15. The zero-order chi connectivity index (χ0) is 11.2. The molecular formula is C13H20Cl2N2. The molecule has 0 unspecified atom stereocenters. The summed E-state index contributed by atoms with van der Waals surface area (Å²) in [6.45, 7) is 5.72. The minimum atomic E-state index is 0. The largest absolute Gasteiger partial charge is 0.369 e. The van der Waals surface area contributed by atoms with Crippen LogP contribution in [-0.4, -0.2) is 43.5 Å². The van der Waals surface area contributed by atoms with Gasteiger partial charge in [0.05, 0.1) is 0 Å². The van der Waals surface area contributed by atoms with E-state index in [0.717, 1.165) is 45.0 Å². The molecule has 0 bridgehead atoms. The first kappa shape index (κ1) is 14.6. The Morgan fingerprint density at radius 3 is 2.24 bits per heavy atom. The summed E-state index contributed by atoms with van der Waals surface area (Å²) in [6.07, 6.45) is 1.10. The zero-order valence-corrected chi connectivity index (χ0v) is 11.6. The standard InChI is InChI=1S/C13H19ClN2.ClH/c14-7-4-8-15-9-11-16(12-10-15)13-5-2-1-3-6-13;/h1-3,5-6H,4,7-12H2;1H. The molecule has 0 atom stereocenters. The fourth-order valence-corrected chi connectivity index (χ4v) is 2.27. The van der Waals surface area contributed by atoms with E-state index in [0.29, 0.717) is 0 Å². The third kappa shape index (κ3) is 4.38. The lowest BCUT2D eigenvalue weighted by Gasteiger charge is -2.36. The topological polar surface area (TPSA) is 6.48 Å². The molecule has 1 heterocycles. The van der Waals surface area contributed by atoms with Gasteiger partial charge >= 0.3 is 0 Å². The molecule has 1 aromatic rings. The SMILES string of the molecule is Cl.ClCCCN1CCN(c2ccccc2)CC1. The monoisotopic (exact) mass is 274 g/mol. The Balaban J connectivity index is 0.00000144. The van der Waals surface area contributed by atoms with E-state index in [9.17, 15) is 0 Å². The number of halogens is 2. The smallest absolute Gasteiger partial charge is 0.0367 e. The molecule has 0 radical (unpaired) electrons. The maximum atomic E-state index is 5.71. The second-order valence-electron chi connectivity index (χ2n) is 4.21. The third-order valence-electron chi connectivity index (χ3n) is 3.10. The molecule has 0 saturated carbocycles. The normalized spacial score (nSPS) is 16.6. The van der Waals surface area contributed by atoms with Crippen molar-refractivity contribution in [2.45, 2.75) is 6.42 Å². The Labute approximate surface area is 115 Å². The van der Waals surface area contributed by atoms with Crippen LogP contribution in [0.3, 0.4) is 0 Å². The van der Waals surface area contributed by atoms with E-state index in [-0.39, 0.29) is 12.4 Å². The van der Waals surface area contributed by atoms with Crippen molar-refractivity contribution in [3.63, 3.8) is 0 Å². The number of anilines is 1. The highest BCUT2D eigenvalue weighted by Gasteiger charge is 2.15. The molecule has 2 nitrogen and oxygen atoms in total. The second kappa shape index (κ2) is 7.80. The van der Waals surface area contributed by atoms with Gasteiger partial charge in [0.2, 0.25) is 0 Å². The third-order valence-corrected chi connectivity index (χ3v) is 3.37. The van der Waals surface area contributed by atoms with Crippen molar-refractivity contribution in [3.8, 4) is 0 Å². The van der Waals surface area contributed by atoms with Gasteiger partial charge in [0.15, 0.2) is 0 Å². The number of benzene rings is 1.